The van der Waals surface area contributed by atoms with Crippen LogP contribution in [0.3, 0.4) is 0 Å². The average Bonchev–Trinajstić information content (AvgIpc) is 3.26. The predicted octanol–water partition coefficient (Wildman–Crippen LogP) is 3.25. The fourth-order valence-electron chi connectivity index (χ4n) is 4.20. The van der Waals surface area contributed by atoms with E-state index in [4.69, 9.17) is 0 Å². The van der Waals surface area contributed by atoms with Crippen LogP contribution in [0.2, 0.25) is 0 Å². The number of rotatable bonds is 3. The van der Waals surface area contributed by atoms with Crippen molar-refractivity contribution < 1.29 is 14.7 Å². The molecule has 0 spiro atoms. The van der Waals surface area contributed by atoms with E-state index in [0.29, 0.717) is 5.69 Å². The molecule has 4 rings (SSSR count). The van der Waals surface area contributed by atoms with Crippen LogP contribution in [0.1, 0.15) is 53.8 Å². The van der Waals surface area contributed by atoms with Crippen molar-refractivity contribution in [2.24, 2.45) is 0 Å². The monoisotopic (exact) mass is 324 g/mol. The molecule has 1 fully saturated rings. The standard InChI is InChI=1S/C19H20N2O3/c22-18-15-11-6-12-20(15)17(19(23)24)16(13-7-2-1-3-8-13)21(18)14-9-4-5-10-14/h1-3,6-8,11-12,14,16-17H,4-5,9-10H2,(H,23,24)/t16-,17+/m1/s1. The summed E-state index contributed by atoms with van der Waals surface area (Å²) >= 11 is 0. The Kier molecular flexibility index (Phi) is 3.63. The van der Waals surface area contributed by atoms with Gasteiger partial charge in [-0.15, -0.1) is 0 Å². The Bertz CT molecular complexity index is 762. The van der Waals surface area contributed by atoms with Gasteiger partial charge in [-0.25, -0.2) is 4.79 Å². The molecule has 1 saturated carbocycles. The lowest BCUT2D eigenvalue weighted by Gasteiger charge is -2.44. The number of aliphatic carboxylic acids is 1. The average molecular weight is 324 g/mol. The van der Waals surface area contributed by atoms with Gasteiger partial charge in [0, 0.05) is 12.2 Å². The van der Waals surface area contributed by atoms with E-state index < -0.39 is 18.1 Å². The van der Waals surface area contributed by atoms with Crippen molar-refractivity contribution in [1.29, 1.82) is 0 Å². The van der Waals surface area contributed by atoms with Gasteiger partial charge in [-0.3, -0.25) is 4.79 Å². The SMILES string of the molecule is O=C(O)[C@@H]1[C@@H](c2ccccc2)N(C2CCCC2)C(=O)c2cccn21. The van der Waals surface area contributed by atoms with E-state index >= 15 is 0 Å². The fourth-order valence-corrected chi connectivity index (χ4v) is 4.20. The maximum Gasteiger partial charge on any atom is 0.329 e. The van der Waals surface area contributed by atoms with Crippen molar-refractivity contribution in [2.45, 2.75) is 43.8 Å². The van der Waals surface area contributed by atoms with Crippen LogP contribution in [0.4, 0.5) is 0 Å². The molecule has 0 bridgehead atoms. The van der Waals surface area contributed by atoms with E-state index in [1.54, 1.807) is 22.9 Å². The van der Waals surface area contributed by atoms with Crippen molar-refractivity contribution in [3.05, 3.63) is 59.9 Å². The Morgan fingerprint density at radius 1 is 1.04 bits per heavy atom. The van der Waals surface area contributed by atoms with Crippen molar-refractivity contribution in [1.82, 2.24) is 9.47 Å². The lowest BCUT2D eigenvalue weighted by molar-refractivity contribution is -0.143. The van der Waals surface area contributed by atoms with Crippen molar-refractivity contribution in [2.75, 3.05) is 0 Å². The minimum Gasteiger partial charge on any atom is -0.480 e. The van der Waals surface area contributed by atoms with Crippen molar-refractivity contribution in [3.8, 4) is 0 Å². The normalized spacial score (nSPS) is 24.2. The highest BCUT2D eigenvalue weighted by atomic mass is 16.4. The third kappa shape index (κ3) is 2.23. The summed E-state index contributed by atoms with van der Waals surface area (Å²) in [6.07, 6.45) is 5.78. The van der Waals surface area contributed by atoms with Gasteiger partial charge in [0.2, 0.25) is 0 Å². The van der Waals surface area contributed by atoms with Crippen LogP contribution in [0, 0.1) is 0 Å². The number of carboxylic acid groups (broad SMARTS) is 1. The molecule has 24 heavy (non-hydrogen) atoms. The predicted molar refractivity (Wildman–Crippen MR) is 88.7 cm³/mol. The largest absolute Gasteiger partial charge is 0.480 e. The number of aromatic nitrogens is 1. The zero-order chi connectivity index (χ0) is 16.7. The van der Waals surface area contributed by atoms with Crippen molar-refractivity contribution >= 4 is 11.9 Å². The highest BCUT2D eigenvalue weighted by molar-refractivity contribution is 5.96. The zero-order valence-electron chi connectivity index (χ0n) is 13.3. The van der Waals surface area contributed by atoms with Crippen LogP contribution in [0.15, 0.2) is 48.7 Å². The lowest BCUT2D eigenvalue weighted by atomic mass is 9.92. The second-order valence-electron chi connectivity index (χ2n) is 6.59. The molecular formula is C19H20N2O3. The van der Waals surface area contributed by atoms with E-state index in [-0.39, 0.29) is 11.9 Å². The van der Waals surface area contributed by atoms with Gasteiger partial charge in [-0.1, -0.05) is 43.2 Å². The summed E-state index contributed by atoms with van der Waals surface area (Å²) in [7, 11) is 0. The molecule has 1 aromatic heterocycles. The molecule has 5 nitrogen and oxygen atoms in total. The Morgan fingerprint density at radius 2 is 1.75 bits per heavy atom. The number of fused-ring (bicyclic) bond motifs is 1. The van der Waals surface area contributed by atoms with E-state index in [0.717, 1.165) is 31.2 Å². The van der Waals surface area contributed by atoms with Crippen LogP contribution in [0.25, 0.3) is 0 Å². The van der Waals surface area contributed by atoms with Gasteiger partial charge < -0.3 is 14.6 Å². The third-order valence-electron chi connectivity index (χ3n) is 5.24. The minimum absolute atomic E-state index is 0.0572. The summed E-state index contributed by atoms with van der Waals surface area (Å²) < 4.78 is 1.62. The van der Waals surface area contributed by atoms with Crippen LogP contribution >= 0.6 is 0 Å². The number of hydrogen-bond donors (Lipinski definition) is 1. The number of benzene rings is 1. The highest BCUT2D eigenvalue weighted by Gasteiger charge is 2.46. The first-order chi connectivity index (χ1) is 11.7. The molecule has 2 aromatic rings. The lowest BCUT2D eigenvalue weighted by Crippen LogP contribution is -2.51. The number of carbonyl (C=O) groups is 2. The summed E-state index contributed by atoms with van der Waals surface area (Å²) in [5.74, 6) is -0.963. The maximum atomic E-state index is 13.1. The van der Waals surface area contributed by atoms with Gasteiger partial charge in [0.25, 0.3) is 5.91 Å². The maximum absolute atomic E-state index is 13.1. The van der Waals surface area contributed by atoms with Gasteiger partial charge in [-0.05, 0) is 30.5 Å². The first-order valence-electron chi connectivity index (χ1n) is 8.46. The Hall–Kier alpha value is -2.56. The molecule has 124 valence electrons. The van der Waals surface area contributed by atoms with Gasteiger partial charge in [0.1, 0.15) is 5.69 Å². The number of carboxylic acids is 1. The van der Waals surface area contributed by atoms with Gasteiger partial charge in [-0.2, -0.15) is 0 Å². The first kappa shape index (κ1) is 15.0. The molecular weight excluding hydrogens is 304 g/mol. The van der Waals surface area contributed by atoms with Gasteiger partial charge in [0.15, 0.2) is 6.04 Å². The molecule has 1 aromatic carbocycles. The Morgan fingerprint density at radius 3 is 2.42 bits per heavy atom. The molecule has 2 heterocycles. The summed E-state index contributed by atoms with van der Waals surface area (Å²) in [5.41, 5.74) is 1.35. The second kappa shape index (κ2) is 5.82. The molecule has 1 N–H and O–H groups in total. The zero-order valence-corrected chi connectivity index (χ0v) is 13.3. The third-order valence-corrected chi connectivity index (χ3v) is 5.24. The fraction of sp³-hybridized carbons (Fsp3) is 0.368. The van der Waals surface area contributed by atoms with Gasteiger partial charge >= 0.3 is 5.97 Å². The first-order valence-corrected chi connectivity index (χ1v) is 8.46. The number of amides is 1. The quantitative estimate of drug-likeness (QED) is 0.942. The molecule has 0 unspecified atom stereocenters. The molecule has 1 aliphatic heterocycles. The smallest absolute Gasteiger partial charge is 0.329 e. The highest BCUT2D eigenvalue weighted by Crippen LogP contribution is 2.42. The number of carbonyl (C=O) groups excluding carboxylic acids is 1. The summed E-state index contributed by atoms with van der Waals surface area (Å²) in [4.78, 5) is 27.1. The van der Waals surface area contributed by atoms with Crippen molar-refractivity contribution in [3.63, 3.8) is 0 Å². The molecule has 5 heteroatoms. The van der Waals surface area contributed by atoms with Crippen LogP contribution in [-0.4, -0.2) is 32.5 Å². The van der Waals surface area contributed by atoms with Crippen LogP contribution in [0.5, 0.6) is 0 Å². The topological polar surface area (TPSA) is 62.5 Å². The number of hydrogen-bond acceptors (Lipinski definition) is 2. The van der Waals surface area contributed by atoms with E-state index in [1.165, 1.54) is 0 Å². The summed E-state index contributed by atoms with van der Waals surface area (Å²) in [6, 6.07) is 11.9. The molecule has 1 amide bonds. The van der Waals surface area contributed by atoms with E-state index in [9.17, 15) is 14.7 Å². The van der Waals surface area contributed by atoms with E-state index in [1.807, 2.05) is 35.2 Å². The van der Waals surface area contributed by atoms with E-state index in [2.05, 4.69) is 0 Å². The molecule has 2 aliphatic rings. The molecule has 0 saturated heterocycles. The van der Waals surface area contributed by atoms with Gasteiger partial charge in [0.05, 0.1) is 6.04 Å². The molecule has 2 atom stereocenters. The molecule has 0 radical (unpaired) electrons. The number of nitrogens with zero attached hydrogens (tertiary/aromatic N) is 2. The Balaban J connectivity index is 1.89. The summed E-state index contributed by atoms with van der Waals surface area (Å²) in [6.45, 7) is 0. The second-order valence-corrected chi connectivity index (χ2v) is 6.59. The van der Waals surface area contributed by atoms with Crippen LogP contribution in [-0.2, 0) is 4.79 Å². The van der Waals surface area contributed by atoms with Crippen LogP contribution < -0.4 is 0 Å². The molecule has 1 aliphatic carbocycles. The summed E-state index contributed by atoms with van der Waals surface area (Å²) in [5, 5.41) is 9.92. The Labute approximate surface area is 140 Å². The minimum atomic E-state index is -0.906.